The van der Waals surface area contributed by atoms with Gasteiger partial charge in [0.05, 0.1) is 6.10 Å². The number of piperidine rings is 1. The summed E-state index contributed by atoms with van der Waals surface area (Å²) in [6.07, 6.45) is 7.35. The van der Waals surface area contributed by atoms with E-state index in [0.717, 1.165) is 62.5 Å². The van der Waals surface area contributed by atoms with Gasteiger partial charge in [-0.05, 0) is 81.3 Å². The quantitative estimate of drug-likeness (QED) is 0.418. The highest BCUT2D eigenvalue weighted by Crippen LogP contribution is 2.28. The van der Waals surface area contributed by atoms with Crippen LogP contribution in [0.2, 0.25) is 0 Å². The third-order valence-corrected chi connectivity index (χ3v) is 6.72. The molecule has 2 atom stereocenters. The summed E-state index contributed by atoms with van der Waals surface area (Å²) in [6, 6.07) is 19.2. The molecule has 3 N–H and O–H groups in total. The zero-order valence-corrected chi connectivity index (χ0v) is 19.0. The molecule has 4 heteroatoms. The van der Waals surface area contributed by atoms with Crippen molar-refractivity contribution in [3.8, 4) is 0 Å². The van der Waals surface area contributed by atoms with E-state index in [1.807, 2.05) is 0 Å². The van der Waals surface area contributed by atoms with E-state index >= 15 is 0 Å². The Morgan fingerprint density at radius 1 is 0.935 bits per heavy atom. The molecule has 1 fully saturated rings. The highest BCUT2D eigenvalue weighted by atomic mass is 16.3. The van der Waals surface area contributed by atoms with Gasteiger partial charge in [0.15, 0.2) is 0 Å². The molecule has 0 aliphatic carbocycles. The van der Waals surface area contributed by atoms with E-state index < -0.39 is 6.10 Å². The van der Waals surface area contributed by atoms with Crippen LogP contribution in [-0.4, -0.2) is 47.4 Å². The van der Waals surface area contributed by atoms with Gasteiger partial charge in [-0.1, -0.05) is 55.3 Å². The van der Waals surface area contributed by atoms with E-state index in [1.165, 1.54) is 24.8 Å². The number of anilines is 1. The van der Waals surface area contributed by atoms with Gasteiger partial charge in [-0.25, -0.2) is 0 Å². The number of hydrogen-bond donors (Lipinski definition) is 3. The molecule has 3 rings (SSSR count). The van der Waals surface area contributed by atoms with Gasteiger partial charge in [-0.15, -0.1) is 0 Å². The molecule has 0 radical (unpaired) electrons. The lowest BCUT2D eigenvalue weighted by Gasteiger charge is -2.38. The molecule has 170 valence electrons. The van der Waals surface area contributed by atoms with Gasteiger partial charge < -0.3 is 15.5 Å². The first-order valence-electron chi connectivity index (χ1n) is 12.1. The Balaban J connectivity index is 1.41. The highest BCUT2D eigenvalue weighted by Gasteiger charge is 2.27. The van der Waals surface area contributed by atoms with Crippen molar-refractivity contribution in [1.29, 1.82) is 0 Å². The largest absolute Gasteiger partial charge is 0.396 e. The molecule has 0 bridgehead atoms. The average molecular weight is 425 g/mol. The molecule has 2 aromatic carbocycles. The van der Waals surface area contributed by atoms with Crippen LogP contribution < -0.4 is 5.32 Å². The highest BCUT2D eigenvalue weighted by molar-refractivity contribution is 5.45. The minimum atomic E-state index is -0.460. The third kappa shape index (κ3) is 7.64. The summed E-state index contributed by atoms with van der Waals surface area (Å²) in [4.78, 5) is 2.45. The fourth-order valence-corrected chi connectivity index (χ4v) is 4.61. The smallest absolute Gasteiger partial charge is 0.0942 e. The number of nitrogens with one attached hydrogen (secondary N) is 1. The molecular weight excluding hydrogens is 384 g/mol. The lowest BCUT2D eigenvalue weighted by Crippen LogP contribution is -2.43. The van der Waals surface area contributed by atoms with Gasteiger partial charge in [-0.3, -0.25) is 4.90 Å². The molecule has 1 saturated heterocycles. The van der Waals surface area contributed by atoms with E-state index in [4.69, 9.17) is 5.11 Å². The second kappa shape index (κ2) is 12.8. The van der Waals surface area contributed by atoms with Crippen molar-refractivity contribution in [2.24, 2.45) is 5.92 Å². The van der Waals surface area contributed by atoms with Crippen molar-refractivity contribution in [1.82, 2.24) is 4.90 Å². The number of likely N-dealkylation sites (tertiary alicyclic amines) is 1. The number of nitrogens with zero attached hydrogens (tertiary/aromatic N) is 1. The number of unbranched alkanes of at least 4 members (excludes halogenated alkanes) is 3. The SMILES string of the molecule is C[C@H]([C@@H](O)c1ccc(NCCCCCCO)cc1)N1CCC(Cc2ccccc2)CC1. The molecule has 0 aromatic heterocycles. The van der Waals surface area contributed by atoms with Crippen molar-refractivity contribution in [3.63, 3.8) is 0 Å². The Morgan fingerprint density at radius 3 is 2.29 bits per heavy atom. The van der Waals surface area contributed by atoms with E-state index in [1.54, 1.807) is 0 Å². The Hall–Kier alpha value is -1.88. The average Bonchev–Trinajstić information content (AvgIpc) is 2.82. The predicted molar refractivity (Wildman–Crippen MR) is 129 cm³/mol. The lowest BCUT2D eigenvalue weighted by molar-refractivity contribution is 0.0373. The standard InChI is InChI=1S/C27H40N2O2/c1-22(29-18-15-24(16-19-29)21-23-9-5-4-6-10-23)27(31)25-11-13-26(14-12-25)28-17-7-2-3-8-20-30/h4-6,9-14,22,24,27-28,30-31H,2-3,7-8,15-21H2,1H3/t22-,27-/m1/s1. The Labute approximate surface area is 188 Å². The van der Waals surface area contributed by atoms with Gasteiger partial charge in [0.2, 0.25) is 0 Å². The second-order valence-electron chi connectivity index (χ2n) is 9.04. The minimum absolute atomic E-state index is 0.128. The van der Waals surface area contributed by atoms with Crippen molar-refractivity contribution in [3.05, 3.63) is 65.7 Å². The van der Waals surface area contributed by atoms with E-state index in [9.17, 15) is 5.11 Å². The van der Waals surface area contributed by atoms with E-state index in [2.05, 4.69) is 71.7 Å². The van der Waals surface area contributed by atoms with Crippen LogP contribution in [0.4, 0.5) is 5.69 Å². The number of rotatable bonds is 12. The molecule has 0 spiro atoms. The normalized spacial score (nSPS) is 17.4. The molecule has 0 saturated carbocycles. The maximum Gasteiger partial charge on any atom is 0.0942 e. The lowest BCUT2D eigenvalue weighted by atomic mass is 9.89. The van der Waals surface area contributed by atoms with Crippen LogP contribution >= 0.6 is 0 Å². The summed E-state index contributed by atoms with van der Waals surface area (Å²) in [5.74, 6) is 0.747. The first-order chi connectivity index (χ1) is 15.2. The van der Waals surface area contributed by atoms with E-state index in [0.29, 0.717) is 6.61 Å². The first kappa shape index (κ1) is 23.8. The topological polar surface area (TPSA) is 55.7 Å². The molecule has 1 aliphatic rings. The minimum Gasteiger partial charge on any atom is -0.396 e. The summed E-state index contributed by atoms with van der Waals surface area (Å²) >= 11 is 0. The predicted octanol–water partition coefficient (Wildman–Crippen LogP) is 5.03. The van der Waals surface area contributed by atoms with Gasteiger partial charge in [0.25, 0.3) is 0 Å². The second-order valence-corrected chi connectivity index (χ2v) is 9.04. The zero-order valence-electron chi connectivity index (χ0n) is 19.0. The van der Waals surface area contributed by atoms with Crippen LogP contribution in [0.1, 0.15) is 62.7 Å². The van der Waals surface area contributed by atoms with Gasteiger partial charge in [0.1, 0.15) is 0 Å². The van der Waals surface area contributed by atoms with Gasteiger partial charge in [-0.2, -0.15) is 0 Å². The summed E-state index contributed by atoms with van der Waals surface area (Å²) in [5.41, 5.74) is 3.53. The monoisotopic (exact) mass is 424 g/mol. The van der Waals surface area contributed by atoms with Crippen LogP contribution in [0.3, 0.4) is 0 Å². The van der Waals surface area contributed by atoms with E-state index in [-0.39, 0.29) is 6.04 Å². The fraction of sp³-hybridized carbons (Fsp3) is 0.556. The Bertz CT molecular complexity index is 727. The van der Waals surface area contributed by atoms with Gasteiger partial charge >= 0.3 is 0 Å². The number of aliphatic hydroxyl groups is 2. The summed E-state index contributed by atoms with van der Waals surface area (Å²) in [6.45, 7) is 5.51. The number of benzene rings is 2. The molecule has 0 unspecified atom stereocenters. The maximum atomic E-state index is 10.9. The maximum absolute atomic E-state index is 10.9. The van der Waals surface area contributed by atoms with Crippen LogP contribution in [-0.2, 0) is 6.42 Å². The molecular formula is C27H40N2O2. The van der Waals surface area contributed by atoms with Crippen molar-refractivity contribution in [2.75, 3.05) is 31.6 Å². The van der Waals surface area contributed by atoms with Gasteiger partial charge in [0, 0.05) is 24.9 Å². The van der Waals surface area contributed by atoms with Crippen molar-refractivity contribution in [2.45, 2.75) is 64.0 Å². The number of hydrogen-bond acceptors (Lipinski definition) is 4. The van der Waals surface area contributed by atoms with Crippen LogP contribution in [0, 0.1) is 5.92 Å². The molecule has 1 heterocycles. The first-order valence-corrected chi connectivity index (χ1v) is 12.1. The molecule has 1 aliphatic heterocycles. The molecule has 4 nitrogen and oxygen atoms in total. The molecule has 31 heavy (non-hydrogen) atoms. The Morgan fingerprint density at radius 2 is 1.61 bits per heavy atom. The summed E-state index contributed by atoms with van der Waals surface area (Å²) in [5, 5.41) is 23.2. The van der Waals surface area contributed by atoms with Crippen LogP contribution in [0.25, 0.3) is 0 Å². The summed E-state index contributed by atoms with van der Waals surface area (Å²) in [7, 11) is 0. The Kier molecular flexibility index (Phi) is 9.85. The number of aliphatic hydroxyl groups excluding tert-OH is 2. The van der Waals surface area contributed by atoms with Crippen LogP contribution in [0.5, 0.6) is 0 Å². The van der Waals surface area contributed by atoms with Crippen molar-refractivity contribution >= 4 is 5.69 Å². The molecule has 0 amide bonds. The fourth-order valence-electron chi connectivity index (χ4n) is 4.61. The zero-order chi connectivity index (χ0) is 21.9. The molecule has 2 aromatic rings. The van der Waals surface area contributed by atoms with Crippen molar-refractivity contribution < 1.29 is 10.2 Å². The summed E-state index contributed by atoms with van der Waals surface area (Å²) < 4.78 is 0. The third-order valence-electron chi connectivity index (χ3n) is 6.72. The van der Waals surface area contributed by atoms with Crippen LogP contribution in [0.15, 0.2) is 54.6 Å².